The van der Waals surface area contributed by atoms with E-state index in [0.717, 1.165) is 12.1 Å². The smallest absolute Gasteiger partial charge is 0.232 e. The number of benzene rings is 1. The van der Waals surface area contributed by atoms with E-state index in [1.807, 2.05) is 49.1 Å². The van der Waals surface area contributed by atoms with Crippen molar-refractivity contribution in [3.8, 4) is 0 Å². The lowest BCUT2D eigenvalue weighted by Gasteiger charge is -2.30. The van der Waals surface area contributed by atoms with E-state index in [2.05, 4.69) is 15.6 Å². The van der Waals surface area contributed by atoms with Crippen LogP contribution in [0.4, 0.5) is 0 Å². The lowest BCUT2D eigenvalue weighted by molar-refractivity contribution is -0.136. The third-order valence-corrected chi connectivity index (χ3v) is 4.40. The number of methoxy groups -OCH3 is 1. The molecule has 1 aromatic carbocycles. The van der Waals surface area contributed by atoms with Crippen LogP contribution in [0.15, 0.2) is 35.3 Å². The van der Waals surface area contributed by atoms with Crippen LogP contribution in [-0.2, 0) is 14.3 Å². The number of nitrogens with zero attached hydrogens (tertiary/aromatic N) is 2. The molecule has 1 saturated heterocycles. The largest absolute Gasteiger partial charge is 0.383 e. The summed E-state index contributed by atoms with van der Waals surface area (Å²) in [5, 5.41) is 6.55. The van der Waals surface area contributed by atoms with Gasteiger partial charge in [-0.25, -0.2) is 0 Å². The van der Waals surface area contributed by atoms with Gasteiger partial charge in [0.2, 0.25) is 5.91 Å². The Labute approximate surface area is 162 Å². The molecule has 1 fully saturated rings. The van der Waals surface area contributed by atoms with E-state index in [1.54, 1.807) is 7.11 Å². The van der Waals surface area contributed by atoms with Crippen LogP contribution in [-0.4, -0.2) is 75.9 Å². The first-order valence-corrected chi connectivity index (χ1v) is 9.61. The molecule has 150 valence electrons. The van der Waals surface area contributed by atoms with Gasteiger partial charge in [-0.2, -0.15) is 0 Å². The maximum atomic E-state index is 13.1. The van der Waals surface area contributed by atoms with E-state index in [-0.39, 0.29) is 17.9 Å². The van der Waals surface area contributed by atoms with Crippen molar-refractivity contribution in [1.29, 1.82) is 0 Å². The summed E-state index contributed by atoms with van der Waals surface area (Å²) >= 11 is 0. The summed E-state index contributed by atoms with van der Waals surface area (Å²) in [4.78, 5) is 19.7. The highest BCUT2D eigenvalue weighted by atomic mass is 16.5. The van der Waals surface area contributed by atoms with Crippen molar-refractivity contribution in [1.82, 2.24) is 15.5 Å². The molecule has 1 amide bonds. The minimum absolute atomic E-state index is 0.106. The molecular formula is C20H32N4O3. The predicted molar refractivity (Wildman–Crippen MR) is 107 cm³/mol. The number of aliphatic imine (C=N–C) groups is 1. The van der Waals surface area contributed by atoms with Crippen molar-refractivity contribution in [3.05, 3.63) is 35.9 Å². The van der Waals surface area contributed by atoms with Gasteiger partial charge in [-0.1, -0.05) is 30.3 Å². The second kappa shape index (κ2) is 11.6. The second-order valence-corrected chi connectivity index (χ2v) is 6.62. The highest BCUT2D eigenvalue weighted by Gasteiger charge is 2.27. The van der Waals surface area contributed by atoms with Gasteiger partial charge in [0.1, 0.15) is 0 Å². The molecule has 0 aliphatic carbocycles. The predicted octanol–water partition coefficient (Wildman–Crippen LogP) is 1.22. The molecule has 1 aromatic rings. The number of nitrogens with one attached hydrogen (secondary N) is 2. The van der Waals surface area contributed by atoms with Crippen LogP contribution in [0.1, 0.15) is 25.3 Å². The van der Waals surface area contributed by atoms with Crippen molar-refractivity contribution in [3.63, 3.8) is 0 Å². The number of hydrogen-bond acceptors (Lipinski definition) is 4. The lowest BCUT2D eigenvalue weighted by Crippen LogP contribution is -2.45. The fourth-order valence-electron chi connectivity index (χ4n) is 3.04. The van der Waals surface area contributed by atoms with Crippen molar-refractivity contribution in [2.45, 2.75) is 25.8 Å². The molecule has 2 rings (SSSR count). The Kier molecular flexibility index (Phi) is 9.07. The van der Waals surface area contributed by atoms with Gasteiger partial charge in [-0.3, -0.25) is 9.79 Å². The Hall–Kier alpha value is -2.12. The summed E-state index contributed by atoms with van der Waals surface area (Å²) in [6.45, 7) is 8.22. The summed E-state index contributed by atoms with van der Waals surface area (Å²) in [6, 6.07) is 9.99. The number of carbonyl (C=O) groups excluding carboxylic acids is 1. The average Bonchev–Trinajstić information content (AvgIpc) is 2.69. The van der Waals surface area contributed by atoms with E-state index in [4.69, 9.17) is 9.47 Å². The van der Waals surface area contributed by atoms with Crippen LogP contribution >= 0.6 is 0 Å². The van der Waals surface area contributed by atoms with Crippen molar-refractivity contribution in [2.75, 3.05) is 53.1 Å². The standard InChI is InChI=1S/C20H32N4O3/c1-4-21-20(23-16(2)15-26-3)22-14-18(17-8-6-5-7-9-17)19(25)24-10-12-27-13-11-24/h5-9,16,18H,4,10-15H2,1-3H3,(H2,21,22,23). The zero-order valence-corrected chi connectivity index (χ0v) is 16.6. The quantitative estimate of drug-likeness (QED) is 0.527. The molecular weight excluding hydrogens is 344 g/mol. The number of hydrogen-bond donors (Lipinski definition) is 2. The minimum Gasteiger partial charge on any atom is -0.383 e. The zero-order valence-electron chi connectivity index (χ0n) is 16.6. The molecule has 1 heterocycles. The van der Waals surface area contributed by atoms with Gasteiger partial charge < -0.3 is 25.0 Å². The van der Waals surface area contributed by atoms with Gasteiger partial charge in [0.25, 0.3) is 0 Å². The van der Waals surface area contributed by atoms with E-state index >= 15 is 0 Å². The van der Waals surface area contributed by atoms with E-state index in [1.165, 1.54) is 0 Å². The minimum atomic E-state index is -0.308. The summed E-state index contributed by atoms with van der Waals surface area (Å²) in [5.41, 5.74) is 0.985. The summed E-state index contributed by atoms with van der Waals surface area (Å²) in [7, 11) is 1.68. The summed E-state index contributed by atoms with van der Waals surface area (Å²) < 4.78 is 10.6. The Morgan fingerprint density at radius 3 is 2.63 bits per heavy atom. The Bertz CT molecular complexity index is 588. The maximum Gasteiger partial charge on any atom is 0.232 e. The number of rotatable bonds is 8. The average molecular weight is 377 g/mol. The molecule has 7 heteroatoms. The lowest BCUT2D eigenvalue weighted by atomic mass is 9.97. The molecule has 0 spiro atoms. The number of ether oxygens (including phenoxy) is 2. The first-order chi connectivity index (χ1) is 13.2. The first kappa shape index (κ1) is 21.2. The summed E-state index contributed by atoms with van der Waals surface area (Å²) in [6.07, 6.45) is 0. The van der Waals surface area contributed by atoms with Gasteiger partial charge in [-0.05, 0) is 19.4 Å². The molecule has 0 bridgehead atoms. The normalized spacial score (nSPS) is 17.3. The van der Waals surface area contributed by atoms with Crippen molar-refractivity contribution < 1.29 is 14.3 Å². The van der Waals surface area contributed by atoms with Gasteiger partial charge in [0, 0.05) is 32.8 Å². The Balaban J connectivity index is 2.15. The van der Waals surface area contributed by atoms with Crippen LogP contribution in [0.3, 0.4) is 0 Å². The van der Waals surface area contributed by atoms with Crippen molar-refractivity contribution >= 4 is 11.9 Å². The molecule has 2 atom stereocenters. The second-order valence-electron chi connectivity index (χ2n) is 6.62. The molecule has 2 unspecified atom stereocenters. The van der Waals surface area contributed by atoms with Crippen molar-refractivity contribution in [2.24, 2.45) is 4.99 Å². The van der Waals surface area contributed by atoms with Crippen LogP contribution in [0.2, 0.25) is 0 Å². The number of morpholine rings is 1. The van der Waals surface area contributed by atoms with E-state index in [0.29, 0.717) is 45.4 Å². The Morgan fingerprint density at radius 1 is 1.30 bits per heavy atom. The van der Waals surface area contributed by atoms with Gasteiger partial charge in [0.05, 0.1) is 32.3 Å². The molecule has 1 aliphatic heterocycles. The van der Waals surface area contributed by atoms with Crippen LogP contribution < -0.4 is 10.6 Å². The fourth-order valence-corrected chi connectivity index (χ4v) is 3.04. The SMILES string of the molecule is CCNC(=NCC(C(=O)N1CCOCC1)c1ccccc1)NC(C)COC. The third kappa shape index (κ3) is 6.84. The van der Waals surface area contributed by atoms with E-state index in [9.17, 15) is 4.79 Å². The van der Waals surface area contributed by atoms with Crippen LogP contribution in [0.25, 0.3) is 0 Å². The molecule has 0 radical (unpaired) electrons. The third-order valence-electron chi connectivity index (χ3n) is 4.40. The monoisotopic (exact) mass is 376 g/mol. The first-order valence-electron chi connectivity index (χ1n) is 9.61. The van der Waals surface area contributed by atoms with Gasteiger partial charge >= 0.3 is 0 Å². The topological polar surface area (TPSA) is 75.2 Å². The molecule has 2 N–H and O–H groups in total. The molecule has 0 saturated carbocycles. The highest BCUT2D eigenvalue weighted by molar-refractivity contribution is 5.85. The number of carbonyl (C=O) groups is 1. The summed E-state index contributed by atoms with van der Waals surface area (Å²) in [5.74, 6) is 0.490. The zero-order chi connectivity index (χ0) is 19.5. The van der Waals surface area contributed by atoms with Crippen LogP contribution in [0.5, 0.6) is 0 Å². The number of guanidine groups is 1. The Morgan fingerprint density at radius 2 is 2.00 bits per heavy atom. The molecule has 27 heavy (non-hydrogen) atoms. The van der Waals surface area contributed by atoms with Gasteiger partial charge in [-0.15, -0.1) is 0 Å². The molecule has 1 aliphatic rings. The molecule has 0 aromatic heterocycles. The fraction of sp³-hybridized carbons (Fsp3) is 0.600. The van der Waals surface area contributed by atoms with Crippen LogP contribution in [0, 0.1) is 0 Å². The number of amides is 1. The molecule has 7 nitrogen and oxygen atoms in total. The van der Waals surface area contributed by atoms with E-state index < -0.39 is 0 Å². The maximum absolute atomic E-state index is 13.1. The highest BCUT2D eigenvalue weighted by Crippen LogP contribution is 2.20. The van der Waals surface area contributed by atoms with Gasteiger partial charge in [0.15, 0.2) is 5.96 Å².